The lowest BCUT2D eigenvalue weighted by Crippen LogP contribution is -2.48. The van der Waals surface area contributed by atoms with Gasteiger partial charge < -0.3 is 15.4 Å². The Hall–Kier alpha value is -2.31. The molecule has 1 atom stereocenters. The van der Waals surface area contributed by atoms with Crippen LogP contribution in [0.1, 0.15) is 32.6 Å². The van der Waals surface area contributed by atoms with Crippen LogP contribution >= 0.6 is 0 Å². The SMILES string of the molecule is COc1ccc(NC(C)C(=O)NC(=O)NC2CCCC2)cn1. The maximum Gasteiger partial charge on any atom is 0.321 e. The van der Waals surface area contributed by atoms with Crippen LogP contribution in [0.25, 0.3) is 0 Å². The van der Waals surface area contributed by atoms with Crippen molar-refractivity contribution in [2.75, 3.05) is 12.4 Å². The summed E-state index contributed by atoms with van der Waals surface area (Å²) in [7, 11) is 1.54. The van der Waals surface area contributed by atoms with Gasteiger partial charge in [0.05, 0.1) is 19.0 Å². The molecule has 1 heterocycles. The number of carbonyl (C=O) groups excluding carboxylic acids is 2. The van der Waals surface area contributed by atoms with E-state index < -0.39 is 12.1 Å². The Balaban J connectivity index is 1.79. The van der Waals surface area contributed by atoms with Gasteiger partial charge in [-0.05, 0) is 25.8 Å². The predicted molar refractivity (Wildman–Crippen MR) is 82.8 cm³/mol. The molecule has 7 nitrogen and oxygen atoms in total. The summed E-state index contributed by atoms with van der Waals surface area (Å²) in [6, 6.07) is 2.65. The van der Waals surface area contributed by atoms with Gasteiger partial charge in [0.25, 0.3) is 0 Å². The van der Waals surface area contributed by atoms with Crippen molar-refractivity contribution >= 4 is 17.6 Å². The minimum Gasteiger partial charge on any atom is -0.481 e. The smallest absolute Gasteiger partial charge is 0.321 e. The zero-order chi connectivity index (χ0) is 15.9. The van der Waals surface area contributed by atoms with Gasteiger partial charge in [0.1, 0.15) is 6.04 Å². The number of rotatable bonds is 5. The van der Waals surface area contributed by atoms with Gasteiger partial charge in [0.2, 0.25) is 11.8 Å². The van der Waals surface area contributed by atoms with Crippen molar-refractivity contribution < 1.29 is 14.3 Å². The van der Waals surface area contributed by atoms with Crippen LogP contribution in [0, 0.1) is 0 Å². The third-order valence-corrected chi connectivity index (χ3v) is 3.65. The van der Waals surface area contributed by atoms with E-state index >= 15 is 0 Å². The maximum atomic E-state index is 12.0. The molecule has 22 heavy (non-hydrogen) atoms. The highest BCUT2D eigenvalue weighted by Crippen LogP contribution is 2.17. The molecule has 0 spiro atoms. The van der Waals surface area contributed by atoms with E-state index in [1.54, 1.807) is 25.3 Å². The molecule has 3 N–H and O–H groups in total. The van der Waals surface area contributed by atoms with Crippen molar-refractivity contribution in [1.82, 2.24) is 15.6 Å². The minimum absolute atomic E-state index is 0.182. The summed E-state index contributed by atoms with van der Waals surface area (Å²) in [4.78, 5) is 27.8. The first-order chi connectivity index (χ1) is 10.6. The molecule has 7 heteroatoms. The van der Waals surface area contributed by atoms with Crippen molar-refractivity contribution in [3.05, 3.63) is 18.3 Å². The van der Waals surface area contributed by atoms with Crippen LogP contribution in [0.3, 0.4) is 0 Å². The third kappa shape index (κ3) is 4.61. The van der Waals surface area contributed by atoms with Gasteiger partial charge in [-0.2, -0.15) is 0 Å². The standard InChI is InChI=1S/C15H22N4O3/c1-10(17-12-7-8-13(22-2)16-9-12)14(20)19-15(21)18-11-5-3-4-6-11/h7-11,17H,3-6H2,1-2H3,(H2,18,19,20,21). The lowest BCUT2D eigenvalue weighted by Gasteiger charge is -2.16. The average molecular weight is 306 g/mol. The van der Waals surface area contributed by atoms with E-state index in [4.69, 9.17) is 4.74 Å². The Morgan fingerprint density at radius 1 is 1.32 bits per heavy atom. The average Bonchev–Trinajstić information content (AvgIpc) is 3.00. The number of imide groups is 1. The fourth-order valence-electron chi connectivity index (χ4n) is 2.41. The molecule has 1 aromatic heterocycles. The highest BCUT2D eigenvalue weighted by atomic mass is 16.5. The Labute approximate surface area is 129 Å². The van der Waals surface area contributed by atoms with Crippen molar-refractivity contribution in [2.24, 2.45) is 0 Å². The summed E-state index contributed by atoms with van der Waals surface area (Å²) in [6.07, 6.45) is 5.78. The molecule has 1 saturated carbocycles. The molecule has 1 aliphatic carbocycles. The summed E-state index contributed by atoms with van der Waals surface area (Å²) in [5.74, 6) is 0.116. The van der Waals surface area contributed by atoms with Gasteiger partial charge >= 0.3 is 6.03 Å². The second-order valence-electron chi connectivity index (χ2n) is 5.40. The molecule has 0 radical (unpaired) electrons. The highest BCUT2D eigenvalue weighted by molar-refractivity contribution is 5.98. The van der Waals surface area contributed by atoms with Crippen LogP contribution in [0.4, 0.5) is 10.5 Å². The van der Waals surface area contributed by atoms with Crippen LogP contribution in [0.15, 0.2) is 18.3 Å². The van der Waals surface area contributed by atoms with Crippen molar-refractivity contribution in [1.29, 1.82) is 0 Å². The zero-order valence-corrected chi connectivity index (χ0v) is 12.9. The number of nitrogens with zero attached hydrogens (tertiary/aromatic N) is 1. The van der Waals surface area contributed by atoms with E-state index in [0.29, 0.717) is 11.6 Å². The van der Waals surface area contributed by atoms with E-state index in [0.717, 1.165) is 25.7 Å². The molecular formula is C15H22N4O3. The first kappa shape index (κ1) is 16.1. The first-order valence-corrected chi connectivity index (χ1v) is 7.46. The molecule has 3 amide bonds. The highest BCUT2D eigenvalue weighted by Gasteiger charge is 2.20. The third-order valence-electron chi connectivity index (χ3n) is 3.65. The lowest BCUT2D eigenvalue weighted by molar-refractivity contribution is -0.120. The van der Waals surface area contributed by atoms with Gasteiger partial charge in [-0.15, -0.1) is 0 Å². The molecule has 0 aromatic carbocycles. The quantitative estimate of drug-likeness (QED) is 0.769. The van der Waals surface area contributed by atoms with Crippen LogP contribution in [-0.2, 0) is 4.79 Å². The largest absolute Gasteiger partial charge is 0.481 e. The second-order valence-corrected chi connectivity index (χ2v) is 5.40. The number of carbonyl (C=O) groups is 2. The molecule has 2 rings (SSSR count). The predicted octanol–water partition coefficient (Wildman–Crippen LogP) is 1.66. The Morgan fingerprint density at radius 2 is 2.05 bits per heavy atom. The number of hydrogen-bond donors (Lipinski definition) is 3. The molecule has 1 aliphatic rings. The summed E-state index contributed by atoms with van der Waals surface area (Å²) >= 11 is 0. The Bertz CT molecular complexity index is 512. The van der Waals surface area contributed by atoms with Crippen molar-refractivity contribution in [3.63, 3.8) is 0 Å². The van der Waals surface area contributed by atoms with Gasteiger partial charge in [-0.1, -0.05) is 12.8 Å². The fraction of sp³-hybridized carbons (Fsp3) is 0.533. The van der Waals surface area contributed by atoms with E-state index in [-0.39, 0.29) is 11.9 Å². The van der Waals surface area contributed by atoms with E-state index in [2.05, 4.69) is 20.9 Å². The summed E-state index contributed by atoms with van der Waals surface area (Å²) in [5.41, 5.74) is 0.680. The minimum atomic E-state index is -0.551. The van der Waals surface area contributed by atoms with Gasteiger partial charge in [0, 0.05) is 12.1 Å². The number of amides is 3. The van der Waals surface area contributed by atoms with Crippen LogP contribution in [-0.4, -0.2) is 36.1 Å². The summed E-state index contributed by atoms with van der Waals surface area (Å²) in [6.45, 7) is 1.68. The van der Waals surface area contributed by atoms with E-state index in [1.165, 1.54) is 7.11 Å². The van der Waals surface area contributed by atoms with Crippen LogP contribution < -0.4 is 20.7 Å². The van der Waals surface area contributed by atoms with Crippen molar-refractivity contribution in [3.8, 4) is 5.88 Å². The number of aromatic nitrogens is 1. The second kappa shape index (κ2) is 7.63. The molecule has 0 bridgehead atoms. The molecular weight excluding hydrogens is 284 g/mol. The monoisotopic (exact) mass is 306 g/mol. The summed E-state index contributed by atoms with van der Waals surface area (Å²) in [5, 5.41) is 8.15. The van der Waals surface area contributed by atoms with Gasteiger partial charge in [-0.3, -0.25) is 10.1 Å². The summed E-state index contributed by atoms with van der Waals surface area (Å²) < 4.78 is 4.97. The number of pyridine rings is 1. The number of methoxy groups -OCH3 is 1. The number of hydrogen-bond acceptors (Lipinski definition) is 5. The van der Waals surface area contributed by atoms with Crippen LogP contribution in [0.5, 0.6) is 5.88 Å². The van der Waals surface area contributed by atoms with Gasteiger partial charge in [-0.25, -0.2) is 9.78 Å². The number of ether oxygens (including phenoxy) is 1. The molecule has 1 unspecified atom stereocenters. The molecule has 0 aliphatic heterocycles. The molecule has 120 valence electrons. The Kier molecular flexibility index (Phi) is 5.57. The molecule has 1 aromatic rings. The van der Waals surface area contributed by atoms with E-state index in [1.807, 2.05) is 0 Å². The molecule has 1 fully saturated rings. The normalized spacial score (nSPS) is 15.9. The first-order valence-electron chi connectivity index (χ1n) is 7.46. The number of urea groups is 1. The molecule has 0 saturated heterocycles. The Morgan fingerprint density at radius 3 is 2.64 bits per heavy atom. The number of nitrogens with one attached hydrogen (secondary N) is 3. The topological polar surface area (TPSA) is 92.4 Å². The van der Waals surface area contributed by atoms with Crippen molar-refractivity contribution in [2.45, 2.75) is 44.7 Å². The van der Waals surface area contributed by atoms with Gasteiger partial charge in [0.15, 0.2) is 0 Å². The number of anilines is 1. The zero-order valence-electron chi connectivity index (χ0n) is 12.9. The van der Waals surface area contributed by atoms with E-state index in [9.17, 15) is 9.59 Å². The van der Waals surface area contributed by atoms with Crippen LogP contribution in [0.2, 0.25) is 0 Å². The lowest BCUT2D eigenvalue weighted by atomic mass is 10.2. The maximum absolute atomic E-state index is 12.0. The fourth-order valence-corrected chi connectivity index (χ4v) is 2.41.